The van der Waals surface area contributed by atoms with E-state index in [4.69, 9.17) is 4.74 Å². The maximum absolute atomic E-state index is 12.3. The van der Waals surface area contributed by atoms with Crippen LogP contribution < -0.4 is 4.90 Å². The zero-order valence-electron chi connectivity index (χ0n) is 15.9. The van der Waals surface area contributed by atoms with E-state index >= 15 is 0 Å². The first-order valence-electron chi connectivity index (χ1n) is 8.95. The van der Waals surface area contributed by atoms with Crippen molar-refractivity contribution < 1.29 is 9.53 Å². The first-order valence-corrected chi connectivity index (χ1v) is 8.95. The molecule has 0 aliphatic carbocycles. The van der Waals surface area contributed by atoms with Gasteiger partial charge in [0, 0.05) is 31.2 Å². The van der Waals surface area contributed by atoms with Crippen LogP contribution in [0.2, 0.25) is 0 Å². The van der Waals surface area contributed by atoms with Gasteiger partial charge in [-0.15, -0.1) is 0 Å². The Balaban J connectivity index is 1.79. The highest BCUT2D eigenvalue weighted by molar-refractivity contribution is 5.97. The summed E-state index contributed by atoms with van der Waals surface area (Å²) in [6.07, 6.45) is 0.714. The lowest BCUT2D eigenvalue weighted by Crippen LogP contribution is -2.42. The van der Waals surface area contributed by atoms with Crippen molar-refractivity contribution in [3.05, 3.63) is 42.0 Å². The number of benzene rings is 2. The van der Waals surface area contributed by atoms with Crippen molar-refractivity contribution in [2.24, 2.45) is 0 Å². The molecule has 0 N–H and O–H groups in total. The Hall–Kier alpha value is -2.23. The van der Waals surface area contributed by atoms with E-state index in [0.29, 0.717) is 0 Å². The van der Waals surface area contributed by atoms with E-state index in [0.717, 1.165) is 19.5 Å². The van der Waals surface area contributed by atoms with E-state index in [1.54, 1.807) is 4.90 Å². The third-order valence-electron chi connectivity index (χ3n) is 4.82. The second kappa shape index (κ2) is 6.58. The van der Waals surface area contributed by atoms with E-state index in [9.17, 15) is 4.79 Å². The van der Waals surface area contributed by atoms with Gasteiger partial charge in [0.25, 0.3) is 0 Å². The maximum Gasteiger partial charge on any atom is 0.410 e. The minimum atomic E-state index is -0.462. The molecule has 1 atom stereocenters. The molecule has 134 valence electrons. The first-order chi connectivity index (χ1) is 11.8. The fraction of sp³-hybridized carbons (Fsp3) is 0.476. The fourth-order valence-electron chi connectivity index (χ4n) is 3.53. The number of nitrogens with zero attached hydrogens (tertiary/aromatic N) is 2. The monoisotopic (exact) mass is 340 g/mol. The van der Waals surface area contributed by atoms with Gasteiger partial charge in [-0.3, -0.25) is 0 Å². The van der Waals surface area contributed by atoms with Crippen LogP contribution >= 0.6 is 0 Å². The number of anilines is 1. The number of carbonyl (C=O) groups is 1. The summed E-state index contributed by atoms with van der Waals surface area (Å²) in [5.74, 6) is 0. The smallest absolute Gasteiger partial charge is 0.410 e. The van der Waals surface area contributed by atoms with Gasteiger partial charge in [0.15, 0.2) is 0 Å². The number of hydrogen-bond acceptors (Lipinski definition) is 3. The van der Waals surface area contributed by atoms with Gasteiger partial charge in [-0.1, -0.05) is 30.3 Å². The third kappa shape index (κ3) is 3.73. The summed E-state index contributed by atoms with van der Waals surface area (Å²) in [4.78, 5) is 16.5. The lowest BCUT2D eigenvalue weighted by molar-refractivity contribution is 0.0238. The molecule has 2 aromatic carbocycles. The van der Waals surface area contributed by atoms with Crippen molar-refractivity contribution >= 4 is 22.6 Å². The molecule has 4 heteroatoms. The molecule has 1 unspecified atom stereocenters. The average molecular weight is 340 g/mol. The topological polar surface area (TPSA) is 32.8 Å². The Morgan fingerprint density at radius 1 is 1.20 bits per heavy atom. The van der Waals surface area contributed by atoms with Gasteiger partial charge in [-0.2, -0.15) is 0 Å². The van der Waals surface area contributed by atoms with Crippen LogP contribution in [0.5, 0.6) is 0 Å². The van der Waals surface area contributed by atoms with Crippen LogP contribution in [0.15, 0.2) is 36.4 Å². The number of fused-ring (bicyclic) bond motifs is 1. The van der Waals surface area contributed by atoms with Crippen molar-refractivity contribution in [2.45, 2.75) is 45.8 Å². The number of likely N-dealkylation sites (N-methyl/N-ethyl adjacent to an activating group) is 1. The standard InChI is InChI=1S/C21H28N2O2/c1-15-8-6-9-16-10-7-11-18(19(15)16)23-13-12-17(14-23)22(5)20(24)25-21(2,3)4/h6-11,17H,12-14H2,1-5H3. The molecule has 25 heavy (non-hydrogen) atoms. The van der Waals surface area contributed by atoms with Gasteiger partial charge < -0.3 is 14.5 Å². The molecule has 0 saturated carbocycles. The van der Waals surface area contributed by atoms with E-state index in [2.05, 4.69) is 48.2 Å². The number of ether oxygens (including phenoxy) is 1. The van der Waals surface area contributed by atoms with Crippen LogP contribution in [0.1, 0.15) is 32.8 Å². The van der Waals surface area contributed by atoms with Crippen molar-refractivity contribution in [3.8, 4) is 0 Å². The van der Waals surface area contributed by atoms with E-state index in [1.165, 1.54) is 22.0 Å². The molecule has 1 saturated heterocycles. The zero-order chi connectivity index (χ0) is 18.2. The molecule has 2 aromatic rings. The molecule has 1 aliphatic heterocycles. The summed E-state index contributed by atoms with van der Waals surface area (Å²) in [5.41, 5.74) is 2.09. The Labute approximate surface area is 150 Å². The molecule has 0 radical (unpaired) electrons. The second-order valence-corrected chi connectivity index (χ2v) is 7.93. The van der Waals surface area contributed by atoms with Gasteiger partial charge in [-0.25, -0.2) is 4.79 Å². The summed E-state index contributed by atoms with van der Waals surface area (Å²) in [5, 5.41) is 2.58. The van der Waals surface area contributed by atoms with Gasteiger partial charge in [0.05, 0.1) is 6.04 Å². The number of rotatable bonds is 2. The summed E-state index contributed by atoms with van der Waals surface area (Å²) < 4.78 is 5.51. The minimum Gasteiger partial charge on any atom is -0.444 e. The van der Waals surface area contributed by atoms with Crippen LogP contribution in [0.4, 0.5) is 10.5 Å². The first kappa shape index (κ1) is 17.6. The lowest BCUT2D eigenvalue weighted by Gasteiger charge is -2.29. The largest absolute Gasteiger partial charge is 0.444 e. The summed E-state index contributed by atoms with van der Waals surface area (Å²) in [6.45, 7) is 9.65. The average Bonchev–Trinajstić information content (AvgIpc) is 3.02. The van der Waals surface area contributed by atoms with E-state index < -0.39 is 5.60 Å². The molecule has 1 amide bonds. The highest BCUT2D eigenvalue weighted by Gasteiger charge is 2.31. The molecule has 4 nitrogen and oxygen atoms in total. The molecule has 3 rings (SSSR count). The van der Waals surface area contributed by atoms with Crippen LogP contribution in [-0.4, -0.2) is 42.8 Å². The Morgan fingerprint density at radius 3 is 2.56 bits per heavy atom. The van der Waals surface area contributed by atoms with Crippen molar-refractivity contribution in [1.29, 1.82) is 0 Å². The fourth-order valence-corrected chi connectivity index (χ4v) is 3.53. The van der Waals surface area contributed by atoms with Crippen LogP contribution in [0, 0.1) is 6.92 Å². The maximum atomic E-state index is 12.3. The SMILES string of the molecule is Cc1cccc2cccc(N3CCC(N(C)C(=O)OC(C)(C)C)C3)c12. The van der Waals surface area contributed by atoms with Crippen molar-refractivity contribution in [1.82, 2.24) is 4.90 Å². The number of aryl methyl sites for hydroxylation is 1. The molecule has 0 aromatic heterocycles. The number of carbonyl (C=O) groups excluding carboxylic acids is 1. The molecule has 0 spiro atoms. The van der Waals surface area contributed by atoms with Crippen LogP contribution in [0.25, 0.3) is 10.8 Å². The van der Waals surface area contributed by atoms with E-state index in [1.807, 2.05) is 27.8 Å². The summed E-state index contributed by atoms with van der Waals surface area (Å²) >= 11 is 0. The highest BCUT2D eigenvalue weighted by atomic mass is 16.6. The Morgan fingerprint density at radius 2 is 1.88 bits per heavy atom. The summed E-state index contributed by atoms with van der Waals surface area (Å²) in [6, 6.07) is 13.1. The second-order valence-electron chi connectivity index (χ2n) is 7.93. The Kier molecular flexibility index (Phi) is 4.63. The predicted octanol–water partition coefficient (Wildman–Crippen LogP) is 4.59. The van der Waals surface area contributed by atoms with Crippen molar-refractivity contribution in [2.75, 3.05) is 25.0 Å². The number of amides is 1. The van der Waals surface area contributed by atoms with Gasteiger partial charge in [0.1, 0.15) is 5.60 Å². The zero-order valence-corrected chi connectivity index (χ0v) is 15.9. The van der Waals surface area contributed by atoms with Crippen LogP contribution in [0.3, 0.4) is 0 Å². The third-order valence-corrected chi connectivity index (χ3v) is 4.82. The summed E-state index contributed by atoms with van der Waals surface area (Å²) in [7, 11) is 1.84. The quantitative estimate of drug-likeness (QED) is 0.801. The molecule has 1 aliphatic rings. The molecule has 1 heterocycles. The molecular weight excluding hydrogens is 312 g/mol. The number of hydrogen-bond donors (Lipinski definition) is 0. The normalized spacial score (nSPS) is 17.8. The molecule has 1 fully saturated rings. The minimum absolute atomic E-state index is 0.175. The lowest BCUT2D eigenvalue weighted by atomic mass is 10.0. The Bertz CT molecular complexity index is 774. The van der Waals surface area contributed by atoms with Gasteiger partial charge >= 0.3 is 6.09 Å². The predicted molar refractivity (Wildman–Crippen MR) is 103 cm³/mol. The van der Waals surface area contributed by atoms with Gasteiger partial charge in [-0.05, 0) is 51.1 Å². The molecule has 0 bridgehead atoms. The van der Waals surface area contributed by atoms with Crippen molar-refractivity contribution in [3.63, 3.8) is 0 Å². The van der Waals surface area contributed by atoms with Gasteiger partial charge in [0.2, 0.25) is 0 Å². The highest BCUT2D eigenvalue weighted by Crippen LogP contribution is 2.32. The van der Waals surface area contributed by atoms with Crippen LogP contribution in [-0.2, 0) is 4.74 Å². The molecular formula is C21H28N2O2. The van der Waals surface area contributed by atoms with E-state index in [-0.39, 0.29) is 12.1 Å².